The van der Waals surface area contributed by atoms with E-state index in [1.165, 1.54) is 37.7 Å². The molecular weight excluding hydrogens is 246 g/mol. The molecule has 1 fully saturated rings. The molecule has 1 aliphatic heterocycles. The molecule has 1 atom stereocenters. The SMILES string of the molecule is CCC1CCC(NCC2CCOc3ccccc32)CC1. The Bertz CT molecular complexity index is 423. The molecular formula is C18H27NO. The Balaban J connectivity index is 1.52. The van der Waals surface area contributed by atoms with Gasteiger partial charge in [0.15, 0.2) is 0 Å². The number of benzene rings is 1. The van der Waals surface area contributed by atoms with Gasteiger partial charge in [-0.3, -0.25) is 0 Å². The van der Waals surface area contributed by atoms with Gasteiger partial charge in [-0.25, -0.2) is 0 Å². The standard InChI is InChI=1S/C18H27NO/c1-2-14-7-9-16(10-8-14)19-13-15-11-12-20-18-6-4-3-5-17(15)18/h3-6,14-16,19H,2,7-13H2,1H3. The number of hydrogen-bond donors (Lipinski definition) is 1. The van der Waals surface area contributed by atoms with Crippen molar-refractivity contribution in [3.8, 4) is 5.75 Å². The van der Waals surface area contributed by atoms with E-state index >= 15 is 0 Å². The number of nitrogens with one attached hydrogen (secondary N) is 1. The fraction of sp³-hybridized carbons (Fsp3) is 0.667. The summed E-state index contributed by atoms with van der Waals surface area (Å²) in [6.07, 6.45) is 8.07. The quantitative estimate of drug-likeness (QED) is 0.891. The zero-order valence-electron chi connectivity index (χ0n) is 12.6. The van der Waals surface area contributed by atoms with Crippen LogP contribution >= 0.6 is 0 Å². The second-order valence-electron chi connectivity index (χ2n) is 6.41. The minimum Gasteiger partial charge on any atom is -0.493 e. The van der Waals surface area contributed by atoms with Crippen LogP contribution in [-0.2, 0) is 0 Å². The number of para-hydroxylation sites is 1. The normalized spacial score (nSPS) is 29.6. The molecule has 0 amide bonds. The summed E-state index contributed by atoms with van der Waals surface area (Å²) in [4.78, 5) is 0. The van der Waals surface area contributed by atoms with Gasteiger partial charge < -0.3 is 10.1 Å². The fourth-order valence-corrected chi connectivity index (χ4v) is 3.71. The molecule has 1 unspecified atom stereocenters. The first-order chi connectivity index (χ1) is 9.86. The number of hydrogen-bond acceptors (Lipinski definition) is 2. The van der Waals surface area contributed by atoms with E-state index in [9.17, 15) is 0 Å². The predicted octanol–water partition coefficient (Wildman–Crippen LogP) is 4.11. The van der Waals surface area contributed by atoms with Crippen LogP contribution in [0.15, 0.2) is 24.3 Å². The van der Waals surface area contributed by atoms with Gasteiger partial charge in [-0.1, -0.05) is 31.5 Å². The van der Waals surface area contributed by atoms with Crippen molar-refractivity contribution in [1.82, 2.24) is 5.32 Å². The van der Waals surface area contributed by atoms with E-state index in [4.69, 9.17) is 4.74 Å². The molecule has 20 heavy (non-hydrogen) atoms. The lowest BCUT2D eigenvalue weighted by Crippen LogP contribution is -2.36. The zero-order valence-corrected chi connectivity index (χ0v) is 12.6. The van der Waals surface area contributed by atoms with Gasteiger partial charge in [-0.15, -0.1) is 0 Å². The Kier molecular flexibility index (Phi) is 4.62. The monoisotopic (exact) mass is 273 g/mol. The van der Waals surface area contributed by atoms with E-state index in [2.05, 4.69) is 36.5 Å². The fourth-order valence-electron chi connectivity index (χ4n) is 3.71. The first-order valence-electron chi connectivity index (χ1n) is 8.32. The van der Waals surface area contributed by atoms with E-state index in [-0.39, 0.29) is 0 Å². The Morgan fingerprint density at radius 2 is 1.90 bits per heavy atom. The molecule has 0 radical (unpaired) electrons. The van der Waals surface area contributed by atoms with Crippen LogP contribution in [0.5, 0.6) is 5.75 Å². The molecule has 0 spiro atoms. The molecule has 2 nitrogen and oxygen atoms in total. The molecule has 110 valence electrons. The van der Waals surface area contributed by atoms with Crippen molar-refractivity contribution in [2.24, 2.45) is 5.92 Å². The van der Waals surface area contributed by atoms with Gasteiger partial charge in [-0.2, -0.15) is 0 Å². The highest BCUT2D eigenvalue weighted by Gasteiger charge is 2.24. The van der Waals surface area contributed by atoms with E-state index in [1.54, 1.807) is 0 Å². The van der Waals surface area contributed by atoms with Crippen molar-refractivity contribution in [3.05, 3.63) is 29.8 Å². The van der Waals surface area contributed by atoms with E-state index in [0.717, 1.165) is 37.3 Å². The Morgan fingerprint density at radius 3 is 2.70 bits per heavy atom. The van der Waals surface area contributed by atoms with Crippen LogP contribution in [0, 0.1) is 5.92 Å². The van der Waals surface area contributed by atoms with Crippen LogP contribution in [0.25, 0.3) is 0 Å². The second kappa shape index (κ2) is 6.62. The predicted molar refractivity (Wildman–Crippen MR) is 83.3 cm³/mol. The summed E-state index contributed by atoms with van der Waals surface area (Å²) in [5.41, 5.74) is 1.40. The summed E-state index contributed by atoms with van der Waals surface area (Å²) in [5.74, 6) is 2.71. The Hall–Kier alpha value is -1.02. The lowest BCUT2D eigenvalue weighted by molar-refractivity contribution is 0.249. The van der Waals surface area contributed by atoms with Gasteiger partial charge in [0.1, 0.15) is 5.75 Å². The summed E-state index contributed by atoms with van der Waals surface area (Å²) >= 11 is 0. The minimum atomic E-state index is 0.629. The summed E-state index contributed by atoms with van der Waals surface area (Å²) in [7, 11) is 0. The van der Waals surface area contributed by atoms with E-state index in [1.807, 2.05) is 0 Å². The van der Waals surface area contributed by atoms with Gasteiger partial charge in [0.05, 0.1) is 6.61 Å². The Morgan fingerprint density at radius 1 is 1.10 bits per heavy atom. The first kappa shape index (κ1) is 13.9. The first-order valence-corrected chi connectivity index (χ1v) is 8.32. The third kappa shape index (κ3) is 3.17. The van der Waals surface area contributed by atoms with Crippen molar-refractivity contribution < 1.29 is 4.74 Å². The van der Waals surface area contributed by atoms with Crippen molar-refractivity contribution >= 4 is 0 Å². The van der Waals surface area contributed by atoms with Crippen LogP contribution in [0.2, 0.25) is 0 Å². The maximum absolute atomic E-state index is 5.75. The van der Waals surface area contributed by atoms with Crippen molar-refractivity contribution in [3.63, 3.8) is 0 Å². The second-order valence-corrected chi connectivity index (χ2v) is 6.41. The molecule has 1 heterocycles. The van der Waals surface area contributed by atoms with Gasteiger partial charge in [-0.05, 0) is 49.7 Å². The molecule has 1 N–H and O–H groups in total. The maximum atomic E-state index is 5.75. The molecule has 3 rings (SSSR count). The molecule has 2 aliphatic rings. The molecule has 0 bridgehead atoms. The highest BCUT2D eigenvalue weighted by atomic mass is 16.5. The van der Waals surface area contributed by atoms with Crippen molar-refractivity contribution in [2.75, 3.05) is 13.2 Å². The lowest BCUT2D eigenvalue weighted by atomic mass is 9.84. The number of rotatable bonds is 4. The molecule has 0 saturated heterocycles. The van der Waals surface area contributed by atoms with Crippen LogP contribution in [0.1, 0.15) is 56.9 Å². The van der Waals surface area contributed by atoms with Gasteiger partial charge in [0.25, 0.3) is 0 Å². The Labute approximate surface area is 122 Å². The zero-order chi connectivity index (χ0) is 13.8. The van der Waals surface area contributed by atoms with Crippen molar-refractivity contribution in [1.29, 1.82) is 0 Å². The highest BCUT2D eigenvalue weighted by Crippen LogP contribution is 2.33. The largest absolute Gasteiger partial charge is 0.493 e. The van der Waals surface area contributed by atoms with Crippen molar-refractivity contribution in [2.45, 2.75) is 57.4 Å². The lowest BCUT2D eigenvalue weighted by Gasteiger charge is -2.31. The molecule has 2 heteroatoms. The van der Waals surface area contributed by atoms with Crippen LogP contribution in [0.4, 0.5) is 0 Å². The average Bonchev–Trinajstić information content (AvgIpc) is 2.53. The van der Waals surface area contributed by atoms with E-state index in [0.29, 0.717) is 5.92 Å². The summed E-state index contributed by atoms with van der Waals surface area (Å²) in [6, 6.07) is 9.28. The molecule has 1 saturated carbocycles. The van der Waals surface area contributed by atoms with Crippen LogP contribution in [-0.4, -0.2) is 19.2 Å². The maximum Gasteiger partial charge on any atom is 0.122 e. The van der Waals surface area contributed by atoms with Crippen LogP contribution < -0.4 is 10.1 Å². The van der Waals surface area contributed by atoms with Gasteiger partial charge >= 0.3 is 0 Å². The third-order valence-electron chi connectivity index (χ3n) is 5.16. The van der Waals surface area contributed by atoms with Gasteiger partial charge in [0.2, 0.25) is 0 Å². The number of ether oxygens (including phenoxy) is 1. The van der Waals surface area contributed by atoms with Crippen LogP contribution in [0.3, 0.4) is 0 Å². The summed E-state index contributed by atoms with van der Waals surface area (Å²) in [5, 5.41) is 3.82. The number of fused-ring (bicyclic) bond motifs is 1. The summed E-state index contributed by atoms with van der Waals surface area (Å²) in [6.45, 7) is 4.31. The third-order valence-corrected chi connectivity index (χ3v) is 5.16. The highest BCUT2D eigenvalue weighted by molar-refractivity contribution is 5.37. The molecule has 1 aromatic carbocycles. The molecule has 1 aliphatic carbocycles. The van der Waals surface area contributed by atoms with E-state index < -0.39 is 0 Å². The topological polar surface area (TPSA) is 21.3 Å². The molecule has 0 aromatic heterocycles. The summed E-state index contributed by atoms with van der Waals surface area (Å²) < 4.78 is 5.75. The average molecular weight is 273 g/mol. The minimum absolute atomic E-state index is 0.629. The van der Waals surface area contributed by atoms with Gasteiger partial charge in [0, 0.05) is 18.5 Å². The molecule has 1 aromatic rings. The smallest absolute Gasteiger partial charge is 0.122 e.